The molecule has 5 rings (SSSR count). The van der Waals surface area contributed by atoms with Crippen LogP contribution in [0, 0.1) is 0 Å². The number of hydrogen-bond donors (Lipinski definition) is 1. The predicted octanol–water partition coefficient (Wildman–Crippen LogP) is 4.87. The summed E-state index contributed by atoms with van der Waals surface area (Å²) in [6, 6.07) is 21.3. The number of hydrogen-bond acceptors (Lipinski definition) is 7. The van der Waals surface area contributed by atoms with Crippen molar-refractivity contribution in [3.8, 4) is 28.4 Å². The Balaban J connectivity index is 1.81. The van der Waals surface area contributed by atoms with E-state index < -0.39 is 16.9 Å². The van der Waals surface area contributed by atoms with Gasteiger partial charge in [0.1, 0.15) is 21.6 Å². The highest BCUT2D eigenvalue weighted by molar-refractivity contribution is 7.99. The Bertz CT molecular complexity index is 1600. The van der Waals surface area contributed by atoms with Gasteiger partial charge in [-0.05, 0) is 42.0 Å². The monoisotopic (exact) mass is 470 g/mol. The van der Waals surface area contributed by atoms with Crippen LogP contribution in [0.2, 0.25) is 0 Å². The fourth-order valence-electron chi connectivity index (χ4n) is 3.67. The Morgan fingerprint density at radius 3 is 2.35 bits per heavy atom. The van der Waals surface area contributed by atoms with Crippen LogP contribution in [-0.4, -0.2) is 21.8 Å². The molecular weight excluding hydrogens is 452 g/mol. The van der Waals surface area contributed by atoms with Crippen LogP contribution in [0.25, 0.3) is 27.9 Å². The van der Waals surface area contributed by atoms with Gasteiger partial charge < -0.3 is 14.3 Å². The third-order valence-corrected chi connectivity index (χ3v) is 6.35. The first kappa shape index (κ1) is 21.5. The lowest BCUT2D eigenvalue weighted by Gasteiger charge is -2.16. The summed E-state index contributed by atoms with van der Waals surface area (Å²) in [5.74, 6) is 0.226. The van der Waals surface area contributed by atoms with E-state index in [0.29, 0.717) is 22.0 Å². The summed E-state index contributed by atoms with van der Waals surface area (Å²) in [5, 5.41) is 11.0. The van der Waals surface area contributed by atoms with Gasteiger partial charge in [-0.25, -0.2) is 4.79 Å². The van der Waals surface area contributed by atoms with Crippen LogP contribution in [0.5, 0.6) is 11.5 Å². The second-order valence-electron chi connectivity index (χ2n) is 7.33. The molecule has 0 aliphatic heterocycles. The molecule has 0 bridgehead atoms. The average molecular weight is 471 g/mol. The topological polar surface area (TPSA) is 94.6 Å². The minimum Gasteiger partial charge on any atom is -0.505 e. The number of fused-ring (bicyclic) bond motifs is 1. The van der Waals surface area contributed by atoms with E-state index in [1.807, 2.05) is 30.3 Å². The predicted molar refractivity (Wildman–Crippen MR) is 130 cm³/mol. The number of pyridine rings is 2. The largest absolute Gasteiger partial charge is 0.505 e. The first-order chi connectivity index (χ1) is 16.6. The third-order valence-electron chi connectivity index (χ3n) is 5.28. The Morgan fingerprint density at radius 2 is 1.68 bits per heavy atom. The molecule has 7 nitrogen and oxygen atoms in total. The summed E-state index contributed by atoms with van der Waals surface area (Å²) in [6.07, 6.45) is 3.15. The van der Waals surface area contributed by atoms with Crippen molar-refractivity contribution in [2.75, 3.05) is 7.11 Å². The Labute approximate surface area is 197 Å². The number of methoxy groups -OCH3 is 1. The molecule has 34 heavy (non-hydrogen) atoms. The minimum absolute atomic E-state index is 0.00944. The second-order valence-corrected chi connectivity index (χ2v) is 8.41. The van der Waals surface area contributed by atoms with Crippen LogP contribution in [0.4, 0.5) is 0 Å². The molecule has 168 valence electrons. The SMILES string of the molecule is COc1ccc(-n2c(-c3ccccc3)cc3oc(=O)c(Sc4ccncc4)c(O)c3c2=O)cc1. The van der Waals surface area contributed by atoms with E-state index in [9.17, 15) is 14.7 Å². The molecular formula is C26H18N2O5S. The zero-order chi connectivity index (χ0) is 23.7. The van der Waals surface area contributed by atoms with Crippen LogP contribution in [0.15, 0.2) is 109 Å². The quantitative estimate of drug-likeness (QED) is 0.392. The van der Waals surface area contributed by atoms with Crippen molar-refractivity contribution in [1.82, 2.24) is 9.55 Å². The van der Waals surface area contributed by atoms with E-state index in [-0.39, 0.29) is 15.9 Å². The number of benzene rings is 2. The lowest BCUT2D eigenvalue weighted by Crippen LogP contribution is -2.21. The van der Waals surface area contributed by atoms with E-state index >= 15 is 0 Å². The highest BCUT2D eigenvalue weighted by Gasteiger charge is 2.22. The molecule has 0 aliphatic rings. The number of nitrogens with zero attached hydrogens (tertiary/aromatic N) is 2. The molecule has 1 N–H and O–H groups in total. The molecule has 0 spiro atoms. The molecule has 0 unspecified atom stereocenters. The molecule has 3 aromatic heterocycles. The van der Waals surface area contributed by atoms with Gasteiger partial charge in [-0.2, -0.15) is 0 Å². The molecule has 0 saturated heterocycles. The van der Waals surface area contributed by atoms with Gasteiger partial charge in [-0.3, -0.25) is 14.3 Å². The maximum atomic E-state index is 13.8. The fourth-order valence-corrected chi connectivity index (χ4v) is 4.48. The molecule has 2 aromatic carbocycles. The summed E-state index contributed by atoms with van der Waals surface area (Å²) in [4.78, 5) is 31.1. The number of aromatic hydroxyl groups is 1. The highest BCUT2D eigenvalue weighted by Crippen LogP contribution is 2.36. The number of aromatic nitrogens is 2. The number of ether oxygens (including phenoxy) is 1. The van der Waals surface area contributed by atoms with E-state index in [1.165, 1.54) is 4.57 Å². The zero-order valence-electron chi connectivity index (χ0n) is 18.0. The first-order valence-electron chi connectivity index (χ1n) is 10.3. The van der Waals surface area contributed by atoms with Crippen molar-refractivity contribution in [3.05, 3.63) is 106 Å². The van der Waals surface area contributed by atoms with Crippen LogP contribution in [0.1, 0.15) is 0 Å². The summed E-state index contributed by atoms with van der Waals surface area (Å²) in [5.41, 5.74) is 0.595. The summed E-state index contributed by atoms with van der Waals surface area (Å²) >= 11 is 1.01. The average Bonchev–Trinajstić information content (AvgIpc) is 2.87. The van der Waals surface area contributed by atoms with Crippen LogP contribution < -0.4 is 15.9 Å². The van der Waals surface area contributed by atoms with Crippen LogP contribution in [0.3, 0.4) is 0 Å². The standard InChI is InChI=1S/C26H18N2O5S/c1-32-18-9-7-17(8-10-18)28-20(16-5-3-2-4-6-16)15-21-22(25(28)30)23(29)24(26(31)33-21)34-19-11-13-27-14-12-19/h2-15,29H,1H3. The normalized spacial score (nSPS) is 11.0. The molecule has 0 aliphatic carbocycles. The second kappa shape index (κ2) is 8.92. The van der Waals surface area contributed by atoms with Crippen molar-refractivity contribution in [1.29, 1.82) is 0 Å². The van der Waals surface area contributed by atoms with E-state index in [0.717, 1.165) is 17.3 Å². The molecule has 5 aromatic rings. The van der Waals surface area contributed by atoms with Crippen molar-refractivity contribution in [2.45, 2.75) is 9.79 Å². The van der Waals surface area contributed by atoms with Crippen molar-refractivity contribution in [3.63, 3.8) is 0 Å². The molecule has 8 heteroatoms. The maximum Gasteiger partial charge on any atom is 0.354 e. The molecule has 0 radical (unpaired) electrons. The van der Waals surface area contributed by atoms with Crippen molar-refractivity contribution >= 4 is 22.7 Å². The van der Waals surface area contributed by atoms with Gasteiger partial charge in [0.25, 0.3) is 5.56 Å². The fraction of sp³-hybridized carbons (Fsp3) is 0.0385. The first-order valence-corrected chi connectivity index (χ1v) is 11.1. The van der Waals surface area contributed by atoms with E-state index in [1.54, 1.807) is 62.0 Å². The Kier molecular flexibility index (Phi) is 5.65. The minimum atomic E-state index is -0.729. The molecule has 0 atom stereocenters. The van der Waals surface area contributed by atoms with E-state index in [4.69, 9.17) is 9.15 Å². The van der Waals surface area contributed by atoms with Crippen molar-refractivity contribution < 1.29 is 14.3 Å². The Morgan fingerprint density at radius 1 is 0.971 bits per heavy atom. The van der Waals surface area contributed by atoms with Gasteiger partial charge in [0.15, 0.2) is 5.75 Å². The van der Waals surface area contributed by atoms with Gasteiger partial charge in [-0.1, -0.05) is 42.1 Å². The van der Waals surface area contributed by atoms with Gasteiger partial charge in [0.05, 0.1) is 12.8 Å². The summed E-state index contributed by atoms with van der Waals surface area (Å²) < 4.78 is 12.3. The summed E-state index contributed by atoms with van der Waals surface area (Å²) in [7, 11) is 1.56. The molecule has 3 heterocycles. The molecule has 0 saturated carbocycles. The van der Waals surface area contributed by atoms with Crippen LogP contribution >= 0.6 is 11.8 Å². The molecule has 0 fully saturated rings. The lowest BCUT2D eigenvalue weighted by molar-refractivity contribution is 0.414. The van der Waals surface area contributed by atoms with E-state index in [2.05, 4.69) is 4.98 Å². The van der Waals surface area contributed by atoms with Gasteiger partial charge in [-0.15, -0.1) is 0 Å². The van der Waals surface area contributed by atoms with Gasteiger partial charge >= 0.3 is 5.63 Å². The van der Waals surface area contributed by atoms with Gasteiger partial charge in [0.2, 0.25) is 0 Å². The number of rotatable bonds is 5. The molecule has 0 amide bonds. The maximum absolute atomic E-state index is 13.8. The summed E-state index contributed by atoms with van der Waals surface area (Å²) in [6.45, 7) is 0. The lowest BCUT2D eigenvalue weighted by atomic mass is 10.1. The van der Waals surface area contributed by atoms with Gasteiger partial charge in [0, 0.05) is 29.0 Å². The Hall–Kier alpha value is -4.30. The zero-order valence-corrected chi connectivity index (χ0v) is 18.8. The smallest absolute Gasteiger partial charge is 0.354 e. The van der Waals surface area contributed by atoms with Crippen LogP contribution in [-0.2, 0) is 0 Å². The third kappa shape index (κ3) is 3.84. The van der Waals surface area contributed by atoms with Crippen molar-refractivity contribution in [2.24, 2.45) is 0 Å². The highest BCUT2D eigenvalue weighted by atomic mass is 32.2.